The highest BCUT2D eigenvalue weighted by Crippen LogP contribution is 2.28. The average molecular weight is 409 g/mol. The van der Waals surface area contributed by atoms with Gasteiger partial charge >= 0.3 is 0 Å². The number of carbonyl (C=O) groups is 1. The second-order valence-electron chi connectivity index (χ2n) is 8.29. The third-order valence-corrected chi connectivity index (χ3v) is 6.20. The first-order valence-electron chi connectivity index (χ1n) is 10.8. The summed E-state index contributed by atoms with van der Waals surface area (Å²) in [5.41, 5.74) is 5.72. The van der Waals surface area contributed by atoms with Gasteiger partial charge in [0.1, 0.15) is 5.71 Å². The second kappa shape index (κ2) is 9.74. The molecule has 0 radical (unpaired) electrons. The van der Waals surface area contributed by atoms with Crippen molar-refractivity contribution in [2.75, 3.05) is 5.32 Å². The summed E-state index contributed by atoms with van der Waals surface area (Å²) in [5, 5.41) is 32.7. The molecule has 160 valence electrons. The van der Waals surface area contributed by atoms with Crippen molar-refractivity contribution in [2.45, 2.75) is 71.3 Å². The lowest BCUT2D eigenvalue weighted by Crippen LogP contribution is -2.40. The number of aliphatic hydroxyl groups excluding tert-OH is 1. The number of nitrogens with one attached hydrogen (secondary N) is 4. The summed E-state index contributed by atoms with van der Waals surface area (Å²) < 4.78 is 0. The molecule has 1 atom stereocenters. The van der Waals surface area contributed by atoms with Crippen LogP contribution in [0.4, 0.5) is 5.69 Å². The van der Waals surface area contributed by atoms with Gasteiger partial charge in [0.15, 0.2) is 0 Å². The average Bonchev–Trinajstić information content (AvgIpc) is 2.92. The molecule has 0 aliphatic heterocycles. The molecule has 2 aliphatic rings. The largest absolute Gasteiger partial charge is 0.512 e. The van der Waals surface area contributed by atoms with Crippen molar-refractivity contribution in [3.63, 3.8) is 0 Å². The molecule has 1 unspecified atom stereocenters. The maximum Gasteiger partial charge on any atom is 0.269 e. The van der Waals surface area contributed by atoms with Gasteiger partial charge in [0.05, 0.1) is 5.76 Å². The standard InChI is InChI=1S/C24H32N4O2/c1-15-7-5-10-20(16(15)2)28-21-11-6-8-18(13-17(21)14-25)27-24(30)23(26)19-9-3-4-12-22(19)29/h5,7,10,14,18,25-26,28-29H,3-4,6,8-9,11-13H2,1-2H3,(H,27,30). The number of hydrogen-bond donors (Lipinski definition) is 5. The summed E-state index contributed by atoms with van der Waals surface area (Å²) in [5.74, 6) is -0.249. The first-order valence-corrected chi connectivity index (χ1v) is 10.8. The topological polar surface area (TPSA) is 109 Å². The van der Waals surface area contributed by atoms with Crippen molar-refractivity contribution in [1.29, 1.82) is 10.8 Å². The van der Waals surface area contributed by atoms with Crippen LogP contribution in [-0.4, -0.2) is 29.0 Å². The van der Waals surface area contributed by atoms with Gasteiger partial charge in [0.2, 0.25) is 0 Å². The highest BCUT2D eigenvalue weighted by molar-refractivity contribution is 6.44. The van der Waals surface area contributed by atoms with Gasteiger partial charge in [0.25, 0.3) is 5.91 Å². The number of carbonyl (C=O) groups excluding carboxylic acids is 1. The molecule has 1 amide bonds. The predicted octanol–water partition coefficient (Wildman–Crippen LogP) is 5.08. The Balaban J connectivity index is 1.71. The number of amides is 1. The Morgan fingerprint density at radius 1 is 1.17 bits per heavy atom. The van der Waals surface area contributed by atoms with E-state index < -0.39 is 5.91 Å². The first-order chi connectivity index (χ1) is 14.4. The number of anilines is 1. The molecule has 3 rings (SSSR count). The Morgan fingerprint density at radius 3 is 2.67 bits per heavy atom. The van der Waals surface area contributed by atoms with Gasteiger partial charge in [0, 0.05) is 35.6 Å². The van der Waals surface area contributed by atoms with E-state index >= 15 is 0 Å². The van der Waals surface area contributed by atoms with Crippen molar-refractivity contribution in [3.05, 3.63) is 51.9 Å². The molecule has 2 aliphatic carbocycles. The molecule has 0 bridgehead atoms. The van der Waals surface area contributed by atoms with Gasteiger partial charge in [-0.15, -0.1) is 0 Å². The molecule has 1 aromatic carbocycles. The van der Waals surface area contributed by atoms with Crippen LogP contribution in [-0.2, 0) is 4.79 Å². The van der Waals surface area contributed by atoms with E-state index in [1.807, 2.05) is 12.1 Å². The zero-order valence-corrected chi connectivity index (χ0v) is 17.9. The van der Waals surface area contributed by atoms with Crippen LogP contribution in [0.1, 0.15) is 62.5 Å². The molecule has 0 heterocycles. The predicted molar refractivity (Wildman–Crippen MR) is 122 cm³/mol. The van der Waals surface area contributed by atoms with Crippen LogP contribution in [0.25, 0.3) is 0 Å². The lowest BCUT2D eigenvalue weighted by atomic mass is 9.93. The van der Waals surface area contributed by atoms with Crippen LogP contribution in [0.15, 0.2) is 40.8 Å². The molecule has 0 spiro atoms. The first kappa shape index (κ1) is 21.8. The molecular weight excluding hydrogens is 376 g/mol. The monoisotopic (exact) mass is 408 g/mol. The van der Waals surface area contributed by atoms with E-state index in [9.17, 15) is 9.90 Å². The van der Waals surface area contributed by atoms with Crippen LogP contribution in [0, 0.1) is 24.7 Å². The summed E-state index contributed by atoms with van der Waals surface area (Å²) in [6.07, 6.45) is 7.34. The van der Waals surface area contributed by atoms with Crippen molar-refractivity contribution >= 4 is 23.5 Å². The van der Waals surface area contributed by atoms with Gasteiger partial charge in [-0.3, -0.25) is 10.2 Å². The van der Waals surface area contributed by atoms with E-state index in [1.54, 1.807) is 0 Å². The van der Waals surface area contributed by atoms with Gasteiger partial charge in [-0.25, -0.2) is 0 Å². The minimum absolute atomic E-state index is 0.120. The normalized spacial score (nSPS) is 19.9. The second-order valence-corrected chi connectivity index (χ2v) is 8.29. The molecule has 5 N–H and O–H groups in total. The van der Waals surface area contributed by atoms with Crippen LogP contribution in [0.5, 0.6) is 0 Å². The lowest BCUT2D eigenvalue weighted by Gasteiger charge is -2.20. The maximum absolute atomic E-state index is 12.6. The molecule has 30 heavy (non-hydrogen) atoms. The number of aliphatic hydroxyl groups is 1. The number of rotatable bonds is 6. The van der Waals surface area contributed by atoms with Gasteiger partial charge in [-0.2, -0.15) is 0 Å². The molecular formula is C24H32N4O2. The van der Waals surface area contributed by atoms with E-state index in [0.717, 1.165) is 49.1 Å². The highest BCUT2D eigenvalue weighted by Gasteiger charge is 2.25. The van der Waals surface area contributed by atoms with E-state index in [-0.39, 0.29) is 17.5 Å². The zero-order valence-electron chi connectivity index (χ0n) is 17.9. The molecule has 6 nitrogen and oxygen atoms in total. The quantitative estimate of drug-likeness (QED) is 0.423. The molecule has 0 fully saturated rings. The Bertz CT molecular complexity index is 914. The lowest BCUT2D eigenvalue weighted by molar-refractivity contribution is -0.115. The number of benzene rings is 1. The van der Waals surface area contributed by atoms with E-state index in [1.165, 1.54) is 17.3 Å². The fourth-order valence-electron chi connectivity index (χ4n) is 4.19. The van der Waals surface area contributed by atoms with Crippen LogP contribution >= 0.6 is 0 Å². The van der Waals surface area contributed by atoms with Crippen LogP contribution < -0.4 is 10.6 Å². The number of aryl methyl sites for hydroxylation is 1. The Labute approximate surface area is 178 Å². The third-order valence-electron chi connectivity index (χ3n) is 6.20. The fraction of sp³-hybridized carbons (Fsp3) is 0.458. The Kier molecular flexibility index (Phi) is 7.08. The van der Waals surface area contributed by atoms with Crippen LogP contribution in [0.3, 0.4) is 0 Å². The van der Waals surface area contributed by atoms with Gasteiger partial charge in [-0.1, -0.05) is 12.1 Å². The summed E-state index contributed by atoms with van der Waals surface area (Å²) in [4.78, 5) is 12.6. The van der Waals surface area contributed by atoms with E-state index in [2.05, 4.69) is 30.5 Å². The van der Waals surface area contributed by atoms with Crippen molar-refractivity contribution in [1.82, 2.24) is 5.32 Å². The Morgan fingerprint density at radius 2 is 1.93 bits per heavy atom. The Hall–Kier alpha value is -2.89. The minimum atomic E-state index is -0.432. The molecule has 0 aromatic heterocycles. The molecule has 0 saturated heterocycles. The minimum Gasteiger partial charge on any atom is -0.512 e. The smallest absolute Gasteiger partial charge is 0.269 e. The summed E-state index contributed by atoms with van der Waals surface area (Å²) in [6, 6.07) is 6.03. The SMILES string of the molecule is Cc1cccc(NC2=C(C=N)CC(NC(=O)C(=N)C3=C(O)CCCC3)CCC2)c1C. The van der Waals surface area contributed by atoms with E-state index in [0.29, 0.717) is 24.8 Å². The maximum atomic E-state index is 12.6. The van der Waals surface area contributed by atoms with Crippen LogP contribution in [0.2, 0.25) is 0 Å². The molecule has 1 aromatic rings. The highest BCUT2D eigenvalue weighted by atomic mass is 16.3. The van der Waals surface area contributed by atoms with Crippen molar-refractivity contribution < 1.29 is 9.90 Å². The zero-order chi connectivity index (χ0) is 21.7. The van der Waals surface area contributed by atoms with E-state index in [4.69, 9.17) is 10.8 Å². The van der Waals surface area contributed by atoms with Gasteiger partial charge < -0.3 is 21.1 Å². The fourth-order valence-corrected chi connectivity index (χ4v) is 4.19. The summed E-state index contributed by atoms with van der Waals surface area (Å²) in [7, 11) is 0. The molecule has 0 saturated carbocycles. The summed E-state index contributed by atoms with van der Waals surface area (Å²) >= 11 is 0. The third kappa shape index (κ3) is 4.99. The number of allylic oxidation sites excluding steroid dienone is 2. The molecule has 6 heteroatoms. The van der Waals surface area contributed by atoms with Gasteiger partial charge in [-0.05, 0) is 81.6 Å². The van der Waals surface area contributed by atoms with Crippen molar-refractivity contribution in [2.24, 2.45) is 0 Å². The number of hydrogen-bond acceptors (Lipinski definition) is 5. The van der Waals surface area contributed by atoms with Crippen molar-refractivity contribution in [3.8, 4) is 0 Å². The summed E-state index contributed by atoms with van der Waals surface area (Å²) in [6.45, 7) is 4.17.